The van der Waals surface area contributed by atoms with Crippen molar-refractivity contribution < 1.29 is 9.90 Å². The fourth-order valence-electron chi connectivity index (χ4n) is 2.80. The Morgan fingerprint density at radius 1 is 1.47 bits per heavy atom. The lowest BCUT2D eigenvalue weighted by Gasteiger charge is -2.23. The number of nitrogens with zero attached hydrogens (tertiary/aromatic N) is 1. The van der Waals surface area contributed by atoms with E-state index in [4.69, 9.17) is 0 Å². The van der Waals surface area contributed by atoms with Gasteiger partial charge < -0.3 is 15.7 Å². The van der Waals surface area contributed by atoms with E-state index in [0.29, 0.717) is 19.0 Å². The van der Waals surface area contributed by atoms with Crippen molar-refractivity contribution in [3.8, 4) is 0 Å². The molecule has 114 valence electrons. The third-order valence-electron chi connectivity index (χ3n) is 3.84. The summed E-state index contributed by atoms with van der Waals surface area (Å²) in [5.74, 6) is 0.0319. The Balaban J connectivity index is 0.00000162. The summed E-state index contributed by atoms with van der Waals surface area (Å²) in [7, 11) is 0. The van der Waals surface area contributed by atoms with Gasteiger partial charge in [-0.25, -0.2) is 0 Å². The second-order valence-electron chi connectivity index (χ2n) is 5.02. The number of aliphatic hydroxyl groups is 1. The van der Waals surface area contributed by atoms with Crippen LogP contribution in [0.4, 0.5) is 0 Å². The Hall–Kier alpha value is -0.0700. The number of aliphatic hydroxyl groups excluding tert-OH is 1. The molecule has 0 bridgehead atoms. The second kappa shape index (κ2) is 8.97. The van der Waals surface area contributed by atoms with E-state index in [9.17, 15) is 9.90 Å². The minimum atomic E-state index is -0.371. The summed E-state index contributed by atoms with van der Waals surface area (Å²) >= 11 is 0. The van der Waals surface area contributed by atoms with Gasteiger partial charge in [0.1, 0.15) is 0 Å². The summed E-state index contributed by atoms with van der Waals surface area (Å²) in [6.45, 7) is 5.64. The standard InChI is InChI=1S/C12H23N3O2.2ClH/c1-2-15-5-3-4-9(15)7-14-12(17)11-6-10(16)8-13-11;;/h9-11,13,16H,2-8H2,1H3,(H,14,17);2*1H. The SMILES string of the molecule is CCN1CCCC1CNC(=O)C1CC(O)CN1.Cl.Cl. The van der Waals surface area contributed by atoms with Crippen molar-refractivity contribution in [2.75, 3.05) is 26.2 Å². The molecule has 3 atom stereocenters. The van der Waals surface area contributed by atoms with Crippen LogP contribution < -0.4 is 10.6 Å². The number of nitrogens with one attached hydrogen (secondary N) is 2. The van der Waals surface area contributed by atoms with Crippen molar-refractivity contribution in [3.05, 3.63) is 0 Å². The molecule has 2 aliphatic heterocycles. The van der Waals surface area contributed by atoms with Crippen LogP contribution in [0.2, 0.25) is 0 Å². The zero-order chi connectivity index (χ0) is 12.3. The number of likely N-dealkylation sites (tertiary alicyclic amines) is 1. The summed E-state index contributed by atoms with van der Waals surface area (Å²) < 4.78 is 0. The maximum absolute atomic E-state index is 11.8. The van der Waals surface area contributed by atoms with Gasteiger partial charge in [-0.05, 0) is 32.4 Å². The molecular weight excluding hydrogens is 289 g/mol. The summed E-state index contributed by atoms with van der Waals surface area (Å²) in [5.41, 5.74) is 0. The van der Waals surface area contributed by atoms with Crippen LogP contribution in [-0.2, 0) is 4.79 Å². The molecule has 0 aromatic heterocycles. The smallest absolute Gasteiger partial charge is 0.237 e. The number of likely N-dealkylation sites (N-methyl/N-ethyl adjacent to an activating group) is 1. The monoisotopic (exact) mass is 313 g/mol. The average molecular weight is 314 g/mol. The van der Waals surface area contributed by atoms with E-state index in [2.05, 4.69) is 22.5 Å². The van der Waals surface area contributed by atoms with Gasteiger partial charge in [-0.2, -0.15) is 0 Å². The van der Waals surface area contributed by atoms with Crippen LogP contribution in [0.3, 0.4) is 0 Å². The van der Waals surface area contributed by atoms with Gasteiger partial charge in [-0.1, -0.05) is 6.92 Å². The topological polar surface area (TPSA) is 64.6 Å². The fraction of sp³-hybridized carbons (Fsp3) is 0.917. The van der Waals surface area contributed by atoms with Crippen LogP contribution in [0.15, 0.2) is 0 Å². The Morgan fingerprint density at radius 3 is 2.79 bits per heavy atom. The zero-order valence-electron chi connectivity index (χ0n) is 11.3. The lowest BCUT2D eigenvalue weighted by atomic mass is 10.1. The highest BCUT2D eigenvalue weighted by molar-refractivity contribution is 5.85. The first kappa shape index (κ1) is 18.9. The van der Waals surface area contributed by atoms with E-state index in [0.717, 1.165) is 19.6 Å². The third kappa shape index (κ3) is 5.08. The van der Waals surface area contributed by atoms with Crippen LogP contribution in [-0.4, -0.2) is 60.3 Å². The van der Waals surface area contributed by atoms with Crippen molar-refractivity contribution in [2.45, 2.75) is 44.4 Å². The first-order valence-electron chi connectivity index (χ1n) is 6.64. The van der Waals surface area contributed by atoms with Crippen LogP contribution in [0.5, 0.6) is 0 Å². The van der Waals surface area contributed by atoms with E-state index >= 15 is 0 Å². The third-order valence-corrected chi connectivity index (χ3v) is 3.84. The van der Waals surface area contributed by atoms with Gasteiger partial charge in [0.2, 0.25) is 5.91 Å². The molecule has 1 amide bonds. The highest BCUT2D eigenvalue weighted by atomic mass is 35.5. The van der Waals surface area contributed by atoms with Gasteiger partial charge in [0.15, 0.2) is 0 Å². The number of rotatable bonds is 4. The molecule has 0 aromatic carbocycles. The Kier molecular flexibility index (Phi) is 8.94. The quantitative estimate of drug-likeness (QED) is 0.691. The van der Waals surface area contributed by atoms with Crippen LogP contribution >= 0.6 is 24.8 Å². The molecule has 0 aromatic rings. The van der Waals surface area contributed by atoms with E-state index in [1.807, 2.05) is 0 Å². The largest absolute Gasteiger partial charge is 0.392 e. The molecule has 2 heterocycles. The number of amides is 1. The lowest BCUT2D eigenvalue weighted by molar-refractivity contribution is -0.123. The zero-order valence-corrected chi connectivity index (χ0v) is 12.9. The molecule has 0 aliphatic carbocycles. The van der Waals surface area contributed by atoms with Crippen molar-refractivity contribution in [3.63, 3.8) is 0 Å². The molecule has 19 heavy (non-hydrogen) atoms. The van der Waals surface area contributed by atoms with Gasteiger partial charge in [0, 0.05) is 19.1 Å². The fourth-order valence-corrected chi connectivity index (χ4v) is 2.80. The molecule has 3 N–H and O–H groups in total. The van der Waals surface area contributed by atoms with Gasteiger partial charge in [-0.3, -0.25) is 9.69 Å². The first-order valence-corrected chi connectivity index (χ1v) is 6.64. The van der Waals surface area contributed by atoms with Crippen molar-refractivity contribution in [1.82, 2.24) is 15.5 Å². The number of hydrogen-bond donors (Lipinski definition) is 3. The highest BCUT2D eigenvalue weighted by Crippen LogP contribution is 2.15. The number of carbonyl (C=O) groups is 1. The predicted octanol–water partition coefficient (Wildman–Crippen LogP) is 0.153. The predicted molar refractivity (Wildman–Crippen MR) is 80.2 cm³/mol. The number of carbonyl (C=O) groups excluding carboxylic acids is 1. The summed E-state index contributed by atoms with van der Waals surface area (Å²) in [6, 6.07) is 0.289. The van der Waals surface area contributed by atoms with Crippen molar-refractivity contribution in [2.24, 2.45) is 0 Å². The minimum Gasteiger partial charge on any atom is -0.392 e. The van der Waals surface area contributed by atoms with E-state index in [-0.39, 0.29) is 42.9 Å². The Labute approximate surface area is 127 Å². The van der Waals surface area contributed by atoms with Gasteiger partial charge >= 0.3 is 0 Å². The second-order valence-corrected chi connectivity index (χ2v) is 5.02. The van der Waals surface area contributed by atoms with E-state index < -0.39 is 0 Å². The first-order chi connectivity index (χ1) is 8.20. The summed E-state index contributed by atoms with van der Waals surface area (Å²) in [5, 5.41) is 15.4. The van der Waals surface area contributed by atoms with Crippen molar-refractivity contribution in [1.29, 1.82) is 0 Å². The molecule has 2 fully saturated rings. The van der Waals surface area contributed by atoms with E-state index in [1.54, 1.807) is 0 Å². The Bertz CT molecular complexity index is 282. The normalized spacial score (nSPS) is 30.5. The van der Waals surface area contributed by atoms with Crippen LogP contribution in [0.25, 0.3) is 0 Å². The minimum absolute atomic E-state index is 0. The lowest BCUT2D eigenvalue weighted by Crippen LogP contribution is -2.46. The molecule has 2 rings (SSSR count). The molecule has 2 saturated heterocycles. The molecule has 0 spiro atoms. The highest BCUT2D eigenvalue weighted by Gasteiger charge is 2.29. The van der Waals surface area contributed by atoms with Gasteiger partial charge in [0.05, 0.1) is 12.1 Å². The molecule has 7 heteroatoms. The van der Waals surface area contributed by atoms with Crippen LogP contribution in [0, 0.1) is 0 Å². The molecule has 5 nitrogen and oxygen atoms in total. The maximum atomic E-state index is 11.8. The van der Waals surface area contributed by atoms with Gasteiger partial charge in [0.25, 0.3) is 0 Å². The number of hydrogen-bond acceptors (Lipinski definition) is 4. The number of β-amino-alcohol motifs (C(OH)–C–C–N with tert-alkyl or cyclic N) is 1. The molecular formula is C12H25Cl2N3O2. The Morgan fingerprint density at radius 2 is 2.21 bits per heavy atom. The molecule has 0 saturated carbocycles. The molecule has 3 unspecified atom stereocenters. The van der Waals surface area contributed by atoms with E-state index in [1.165, 1.54) is 12.8 Å². The summed E-state index contributed by atoms with van der Waals surface area (Å²) in [6.07, 6.45) is 2.57. The maximum Gasteiger partial charge on any atom is 0.237 e. The average Bonchev–Trinajstić information content (AvgIpc) is 2.94. The molecule has 0 radical (unpaired) electrons. The summed E-state index contributed by atoms with van der Waals surface area (Å²) in [4.78, 5) is 14.3. The van der Waals surface area contributed by atoms with Gasteiger partial charge in [-0.15, -0.1) is 24.8 Å². The number of halogens is 2. The van der Waals surface area contributed by atoms with Crippen molar-refractivity contribution >= 4 is 30.7 Å². The van der Waals surface area contributed by atoms with Crippen LogP contribution in [0.1, 0.15) is 26.2 Å². The molecule has 2 aliphatic rings.